The van der Waals surface area contributed by atoms with Crippen molar-refractivity contribution in [2.24, 2.45) is 0 Å². The molecule has 6 rings (SSSR count). The summed E-state index contributed by atoms with van der Waals surface area (Å²) in [6.45, 7) is 5.78. The minimum absolute atomic E-state index is 0.333. The van der Waals surface area contributed by atoms with Crippen LogP contribution in [0, 0.1) is 6.92 Å². The molecule has 3 aromatic heterocycles. The van der Waals surface area contributed by atoms with E-state index in [0.717, 1.165) is 52.3 Å². The van der Waals surface area contributed by atoms with Crippen molar-refractivity contribution in [3.05, 3.63) is 96.1 Å². The van der Waals surface area contributed by atoms with Crippen molar-refractivity contribution in [2.75, 3.05) is 11.9 Å². The molecule has 0 aliphatic rings. The molecular weight excluding hydrogens is 434 g/mol. The molecule has 0 aliphatic carbocycles. The van der Waals surface area contributed by atoms with Gasteiger partial charge in [-0.05, 0) is 42.7 Å². The molecule has 0 spiro atoms. The molecule has 1 N–H and O–H groups in total. The highest BCUT2D eigenvalue weighted by Gasteiger charge is 2.15. The van der Waals surface area contributed by atoms with E-state index in [1.807, 2.05) is 47.8 Å². The predicted octanol–water partition coefficient (Wildman–Crippen LogP) is 5.39. The fourth-order valence-electron chi connectivity index (χ4n) is 4.65. The summed E-state index contributed by atoms with van der Waals surface area (Å²) in [4.78, 5) is 14.5. The molecule has 0 amide bonds. The minimum atomic E-state index is 0.333. The molecule has 0 bridgehead atoms. The number of rotatable bonds is 7. The summed E-state index contributed by atoms with van der Waals surface area (Å²) < 4.78 is 4.09. The average Bonchev–Trinajstić information content (AvgIpc) is 3.47. The van der Waals surface area contributed by atoms with Gasteiger partial charge in [-0.1, -0.05) is 61.5 Å². The number of aromatic nitrogens is 6. The first-order valence-corrected chi connectivity index (χ1v) is 12.0. The van der Waals surface area contributed by atoms with Gasteiger partial charge < -0.3 is 9.88 Å². The van der Waals surface area contributed by atoms with E-state index in [9.17, 15) is 0 Å². The second-order valence-corrected chi connectivity index (χ2v) is 8.96. The number of anilines is 1. The molecule has 1 atom stereocenters. The third kappa shape index (κ3) is 3.99. The number of para-hydroxylation sites is 3. The van der Waals surface area contributed by atoms with E-state index in [4.69, 9.17) is 15.1 Å². The van der Waals surface area contributed by atoms with Crippen LogP contribution in [-0.4, -0.2) is 35.7 Å². The summed E-state index contributed by atoms with van der Waals surface area (Å²) >= 11 is 0. The van der Waals surface area contributed by atoms with Gasteiger partial charge in [0.25, 0.3) is 0 Å². The van der Waals surface area contributed by atoms with Gasteiger partial charge in [0.15, 0.2) is 11.5 Å². The topological polar surface area (TPSA) is 72.9 Å². The molecule has 7 heteroatoms. The van der Waals surface area contributed by atoms with Gasteiger partial charge in [-0.3, -0.25) is 0 Å². The largest absolute Gasteiger partial charge is 0.354 e. The second kappa shape index (κ2) is 8.83. The molecule has 0 aliphatic heterocycles. The highest BCUT2D eigenvalue weighted by atomic mass is 15.4. The third-order valence-electron chi connectivity index (χ3n) is 6.56. The molecule has 3 aromatic carbocycles. The van der Waals surface area contributed by atoms with Crippen molar-refractivity contribution in [1.82, 2.24) is 29.1 Å². The number of nitrogens with one attached hydrogen (secondary N) is 1. The zero-order chi connectivity index (χ0) is 23.8. The van der Waals surface area contributed by atoms with Crippen LogP contribution in [0.1, 0.15) is 30.1 Å². The van der Waals surface area contributed by atoms with Gasteiger partial charge in [0.1, 0.15) is 5.82 Å². The van der Waals surface area contributed by atoms with Crippen molar-refractivity contribution < 1.29 is 0 Å². The smallest absolute Gasteiger partial charge is 0.226 e. The Bertz CT molecular complexity index is 1630. The Balaban J connectivity index is 1.32. The Morgan fingerprint density at radius 2 is 1.57 bits per heavy atom. The fraction of sp³-hybridized carbons (Fsp3) is 0.214. The lowest BCUT2D eigenvalue weighted by Gasteiger charge is -2.14. The average molecular weight is 462 g/mol. The van der Waals surface area contributed by atoms with Gasteiger partial charge in [-0.15, -0.1) is 5.10 Å². The maximum absolute atomic E-state index is 4.93. The predicted molar refractivity (Wildman–Crippen MR) is 140 cm³/mol. The van der Waals surface area contributed by atoms with E-state index in [-0.39, 0.29) is 0 Å². The maximum atomic E-state index is 4.93. The number of imidazole rings is 1. The van der Waals surface area contributed by atoms with Gasteiger partial charge in [0.2, 0.25) is 5.95 Å². The summed E-state index contributed by atoms with van der Waals surface area (Å²) in [6, 6.07) is 26.9. The van der Waals surface area contributed by atoms with E-state index in [2.05, 4.69) is 64.3 Å². The number of fused-ring (bicyclic) bond motifs is 4. The summed E-state index contributed by atoms with van der Waals surface area (Å²) in [5.41, 5.74) is 5.18. The molecule has 35 heavy (non-hydrogen) atoms. The van der Waals surface area contributed by atoms with Crippen molar-refractivity contribution >= 4 is 33.5 Å². The molecule has 0 radical (unpaired) electrons. The minimum Gasteiger partial charge on any atom is -0.354 e. The monoisotopic (exact) mass is 461 g/mol. The first kappa shape index (κ1) is 21.3. The zero-order valence-corrected chi connectivity index (χ0v) is 19.9. The fourth-order valence-corrected chi connectivity index (χ4v) is 4.65. The van der Waals surface area contributed by atoms with E-state index < -0.39 is 0 Å². The van der Waals surface area contributed by atoms with Gasteiger partial charge in [-0.2, -0.15) is 4.52 Å². The van der Waals surface area contributed by atoms with E-state index in [1.54, 1.807) is 0 Å². The van der Waals surface area contributed by atoms with Crippen LogP contribution in [0.3, 0.4) is 0 Å². The number of hydrogen-bond acceptors (Lipinski definition) is 5. The van der Waals surface area contributed by atoms with Gasteiger partial charge >= 0.3 is 0 Å². The van der Waals surface area contributed by atoms with E-state index in [1.165, 1.54) is 5.56 Å². The van der Waals surface area contributed by atoms with Crippen molar-refractivity contribution in [1.29, 1.82) is 0 Å². The number of nitrogens with zero attached hydrogens (tertiary/aromatic N) is 6. The summed E-state index contributed by atoms with van der Waals surface area (Å²) in [5, 5.41) is 9.40. The molecular formula is C28H27N7. The van der Waals surface area contributed by atoms with E-state index in [0.29, 0.717) is 18.3 Å². The molecule has 3 heterocycles. The van der Waals surface area contributed by atoms with Crippen molar-refractivity contribution in [3.8, 4) is 0 Å². The Morgan fingerprint density at radius 3 is 2.43 bits per heavy atom. The highest BCUT2D eigenvalue weighted by Crippen LogP contribution is 2.23. The van der Waals surface area contributed by atoms with E-state index >= 15 is 0 Å². The summed E-state index contributed by atoms with van der Waals surface area (Å²) in [5.74, 6) is 2.84. The molecule has 0 saturated carbocycles. The second-order valence-electron chi connectivity index (χ2n) is 8.96. The normalized spacial score (nSPS) is 12.5. The van der Waals surface area contributed by atoms with Crippen LogP contribution < -0.4 is 5.32 Å². The lowest BCUT2D eigenvalue weighted by Crippen LogP contribution is -2.14. The number of hydrogen-bond donors (Lipinski definition) is 1. The summed E-state index contributed by atoms with van der Waals surface area (Å²) in [7, 11) is 0. The molecule has 0 saturated heterocycles. The van der Waals surface area contributed by atoms with Gasteiger partial charge in [0, 0.05) is 24.9 Å². The lowest BCUT2D eigenvalue weighted by atomic mass is 10.0. The van der Waals surface area contributed by atoms with Crippen LogP contribution in [0.4, 0.5) is 5.95 Å². The molecule has 7 nitrogen and oxygen atoms in total. The Kier molecular flexibility index (Phi) is 5.37. The quantitative estimate of drug-likeness (QED) is 0.345. The van der Waals surface area contributed by atoms with Crippen LogP contribution in [0.15, 0.2) is 78.9 Å². The van der Waals surface area contributed by atoms with Crippen molar-refractivity contribution in [2.45, 2.75) is 32.7 Å². The number of aryl methyl sites for hydroxylation is 3. The summed E-state index contributed by atoms with van der Waals surface area (Å²) in [6.07, 6.45) is 0.705. The Hall–Kier alpha value is -4.26. The Labute approximate surface area is 203 Å². The molecule has 0 fully saturated rings. The maximum Gasteiger partial charge on any atom is 0.226 e. The zero-order valence-electron chi connectivity index (χ0n) is 19.9. The number of benzene rings is 3. The van der Waals surface area contributed by atoms with Crippen molar-refractivity contribution in [3.63, 3.8) is 0 Å². The SMILES string of the molecule is Cc1nc2ccccc2n1CCc1nc2c3ccccc3nc(NCC(C)c3ccccc3)n2n1. The lowest BCUT2D eigenvalue weighted by molar-refractivity contribution is 0.667. The van der Waals surface area contributed by atoms with Gasteiger partial charge in [0.05, 0.1) is 16.6 Å². The van der Waals surface area contributed by atoms with Crippen LogP contribution >= 0.6 is 0 Å². The molecule has 1 unspecified atom stereocenters. The van der Waals surface area contributed by atoms with Crippen LogP contribution in [-0.2, 0) is 13.0 Å². The van der Waals surface area contributed by atoms with Crippen LogP contribution in [0.5, 0.6) is 0 Å². The first-order valence-electron chi connectivity index (χ1n) is 12.0. The third-order valence-corrected chi connectivity index (χ3v) is 6.56. The van der Waals surface area contributed by atoms with Crippen LogP contribution in [0.2, 0.25) is 0 Å². The molecule has 174 valence electrons. The van der Waals surface area contributed by atoms with Crippen LogP contribution in [0.25, 0.3) is 27.6 Å². The Morgan fingerprint density at radius 1 is 0.829 bits per heavy atom. The van der Waals surface area contributed by atoms with Gasteiger partial charge in [-0.25, -0.2) is 15.0 Å². The first-order chi connectivity index (χ1) is 17.2. The standard InChI is InChI=1S/C28H27N7/c1-19(21-10-4-3-5-11-21)18-29-28-31-23-13-7-6-12-22(23)27-32-26(33-35(27)28)16-17-34-20(2)30-24-14-8-9-15-25(24)34/h3-15,19H,16-18H2,1-2H3,(H,29,31). The highest BCUT2D eigenvalue weighted by molar-refractivity contribution is 5.92. The molecule has 6 aromatic rings.